The van der Waals surface area contributed by atoms with Gasteiger partial charge in [-0.25, -0.2) is 8.42 Å². The molecule has 5 nitrogen and oxygen atoms in total. The second kappa shape index (κ2) is 8.81. The van der Waals surface area contributed by atoms with Gasteiger partial charge in [-0.3, -0.25) is 4.79 Å². The van der Waals surface area contributed by atoms with Crippen molar-refractivity contribution < 1.29 is 13.2 Å². The Hall–Kier alpha value is -2.96. The Bertz CT molecular complexity index is 1130. The monoisotopic (exact) mass is 422 g/mol. The first-order chi connectivity index (χ1) is 14.1. The van der Waals surface area contributed by atoms with Gasteiger partial charge in [0.2, 0.25) is 10.0 Å². The molecule has 0 unspecified atom stereocenters. The van der Waals surface area contributed by atoms with Crippen molar-refractivity contribution in [2.75, 3.05) is 12.4 Å². The molecule has 0 spiro atoms. The first kappa shape index (κ1) is 21.7. The van der Waals surface area contributed by atoms with E-state index in [-0.39, 0.29) is 17.3 Å². The number of nitrogens with zero attached hydrogens (tertiary/aromatic N) is 1. The summed E-state index contributed by atoms with van der Waals surface area (Å²) in [6, 6.07) is 19.6. The number of carbonyl (C=O) groups is 1. The highest BCUT2D eigenvalue weighted by molar-refractivity contribution is 7.89. The Morgan fingerprint density at radius 3 is 1.97 bits per heavy atom. The molecule has 0 aliphatic heterocycles. The maximum Gasteiger partial charge on any atom is 0.255 e. The molecule has 1 amide bonds. The fourth-order valence-electron chi connectivity index (χ4n) is 3.24. The van der Waals surface area contributed by atoms with E-state index < -0.39 is 10.0 Å². The summed E-state index contributed by atoms with van der Waals surface area (Å²) >= 11 is 0. The number of benzene rings is 3. The molecular weight excluding hydrogens is 396 g/mol. The van der Waals surface area contributed by atoms with Crippen LogP contribution in [-0.4, -0.2) is 25.7 Å². The maximum absolute atomic E-state index is 12.7. The van der Waals surface area contributed by atoms with E-state index in [1.54, 1.807) is 55.6 Å². The zero-order valence-corrected chi connectivity index (χ0v) is 18.5. The van der Waals surface area contributed by atoms with Crippen molar-refractivity contribution in [3.05, 3.63) is 94.5 Å². The SMILES string of the molecule is Cc1ccc(S(=O)(=O)N(C)Cc2ccc(C(=O)Nc3cc(C)cc(C)c3)cc2)cc1. The molecule has 3 aromatic carbocycles. The minimum Gasteiger partial charge on any atom is -0.322 e. The van der Waals surface area contributed by atoms with E-state index in [1.165, 1.54) is 4.31 Å². The van der Waals surface area contributed by atoms with Crippen LogP contribution in [0.3, 0.4) is 0 Å². The Morgan fingerprint density at radius 1 is 0.833 bits per heavy atom. The zero-order valence-electron chi connectivity index (χ0n) is 17.6. The third kappa shape index (κ3) is 5.14. The highest BCUT2D eigenvalue weighted by Gasteiger charge is 2.20. The van der Waals surface area contributed by atoms with Gasteiger partial charge in [-0.1, -0.05) is 35.9 Å². The van der Waals surface area contributed by atoms with E-state index >= 15 is 0 Å². The van der Waals surface area contributed by atoms with Crippen LogP contribution in [0.2, 0.25) is 0 Å². The van der Waals surface area contributed by atoms with Crippen LogP contribution in [0.1, 0.15) is 32.6 Å². The first-order valence-corrected chi connectivity index (χ1v) is 11.1. The zero-order chi connectivity index (χ0) is 21.9. The van der Waals surface area contributed by atoms with Crippen molar-refractivity contribution in [1.82, 2.24) is 4.31 Å². The fourth-order valence-corrected chi connectivity index (χ4v) is 4.40. The standard InChI is InChI=1S/C24H26N2O3S/c1-17-5-11-23(12-6-17)30(28,29)26(4)16-20-7-9-21(10-8-20)24(27)25-22-14-18(2)13-19(3)15-22/h5-15H,16H2,1-4H3,(H,25,27). The lowest BCUT2D eigenvalue weighted by Crippen LogP contribution is -2.26. The van der Waals surface area contributed by atoms with Crippen LogP contribution >= 0.6 is 0 Å². The fraction of sp³-hybridized carbons (Fsp3) is 0.208. The molecule has 0 bridgehead atoms. The number of amides is 1. The first-order valence-electron chi connectivity index (χ1n) is 9.67. The number of nitrogens with one attached hydrogen (secondary N) is 1. The third-order valence-corrected chi connectivity index (χ3v) is 6.65. The van der Waals surface area contributed by atoms with E-state index in [0.717, 1.165) is 27.9 Å². The lowest BCUT2D eigenvalue weighted by atomic mass is 10.1. The summed E-state index contributed by atoms with van der Waals surface area (Å²) < 4.78 is 26.8. The molecule has 156 valence electrons. The molecule has 3 aromatic rings. The topological polar surface area (TPSA) is 66.5 Å². The number of hydrogen-bond donors (Lipinski definition) is 1. The number of aryl methyl sites for hydroxylation is 3. The average Bonchev–Trinajstić information content (AvgIpc) is 2.68. The van der Waals surface area contributed by atoms with E-state index in [9.17, 15) is 13.2 Å². The predicted molar refractivity (Wildman–Crippen MR) is 120 cm³/mol. The van der Waals surface area contributed by atoms with Gasteiger partial charge in [0.15, 0.2) is 0 Å². The predicted octanol–water partition coefficient (Wildman–Crippen LogP) is 4.68. The third-order valence-electron chi connectivity index (χ3n) is 4.83. The number of sulfonamides is 1. The molecular formula is C24H26N2O3S. The smallest absolute Gasteiger partial charge is 0.255 e. The molecule has 3 rings (SSSR count). The molecule has 0 atom stereocenters. The minimum atomic E-state index is -3.58. The van der Waals surface area contributed by atoms with Crippen LogP contribution in [0.15, 0.2) is 71.6 Å². The van der Waals surface area contributed by atoms with Crippen LogP contribution in [0.4, 0.5) is 5.69 Å². The average molecular weight is 423 g/mol. The lowest BCUT2D eigenvalue weighted by molar-refractivity contribution is 0.102. The van der Waals surface area contributed by atoms with Crippen molar-refractivity contribution in [2.24, 2.45) is 0 Å². The molecule has 0 aromatic heterocycles. The van der Waals surface area contributed by atoms with Gasteiger partial charge in [0, 0.05) is 24.8 Å². The Morgan fingerprint density at radius 2 is 1.40 bits per heavy atom. The van der Waals surface area contributed by atoms with Gasteiger partial charge < -0.3 is 5.32 Å². The summed E-state index contributed by atoms with van der Waals surface area (Å²) in [7, 11) is -2.02. The molecule has 30 heavy (non-hydrogen) atoms. The molecule has 6 heteroatoms. The Kier molecular flexibility index (Phi) is 6.39. The maximum atomic E-state index is 12.7. The lowest BCUT2D eigenvalue weighted by Gasteiger charge is -2.17. The van der Waals surface area contributed by atoms with Gasteiger partial charge in [-0.2, -0.15) is 4.31 Å². The second-order valence-corrected chi connectivity index (χ2v) is 9.65. The summed E-state index contributed by atoms with van der Waals surface area (Å²) in [4.78, 5) is 12.8. The molecule has 0 radical (unpaired) electrons. The van der Waals surface area contributed by atoms with Crippen molar-refractivity contribution in [1.29, 1.82) is 0 Å². The highest BCUT2D eigenvalue weighted by atomic mass is 32.2. The normalized spacial score (nSPS) is 11.5. The largest absolute Gasteiger partial charge is 0.322 e. The number of anilines is 1. The second-order valence-electron chi connectivity index (χ2n) is 7.60. The molecule has 0 aliphatic carbocycles. The number of carbonyl (C=O) groups excluding carboxylic acids is 1. The van der Waals surface area contributed by atoms with Gasteiger partial charge >= 0.3 is 0 Å². The summed E-state index contributed by atoms with van der Waals surface area (Å²) in [6.45, 7) is 6.10. The van der Waals surface area contributed by atoms with Crippen LogP contribution in [0, 0.1) is 20.8 Å². The van der Waals surface area contributed by atoms with Crippen molar-refractivity contribution in [3.8, 4) is 0 Å². The molecule has 1 N–H and O–H groups in total. The molecule has 0 aliphatic rings. The van der Waals surface area contributed by atoms with Gasteiger partial charge in [0.1, 0.15) is 0 Å². The van der Waals surface area contributed by atoms with E-state index in [4.69, 9.17) is 0 Å². The van der Waals surface area contributed by atoms with Gasteiger partial charge in [-0.05, 0) is 73.9 Å². The number of hydrogen-bond acceptors (Lipinski definition) is 3. The Labute approximate surface area is 178 Å². The molecule has 0 saturated heterocycles. The van der Waals surface area contributed by atoms with Crippen molar-refractivity contribution in [3.63, 3.8) is 0 Å². The molecule has 0 saturated carbocycles. The van der Waals surface area contributed by atoms with Crippen LogP contribution in [-0.2, 0) is 16.6 Å². The van der Waals surface area contributed by atoms with Gasteiger partial charge in [-0.15, -0.1) is 0 Å². The molecule has 0 fully saturated rings. The summed E-state index contributed by atoms with van der Waals surface area (Å²) in [6.07, 6.45) is 0. The summed E-state index contributed by atoms with van der Waals surface area (Å²) in [5, 5.41) is 2.91. The molecule has 0 heterocycles. The van der Waals surface area contributed by atoms with E-state index in [2.05, 4.69) is 5.32 Å². The van der Waals surface area contributed by atoms with E-state index in [1.807, 2.05) is 39.0 Å². The van der Waals surface area contributed by atoms with Gasteiger partial charge in [0.05, 0.1) is 4.90 Å². The van der Waals surface area contributed by atoms with Crippen LogP contribution in [0.25, 0.3) is 0 Å². The summed E-state index contributed by atoms with van der Waals surface area (Å²) in [5.41, 5.74) is 5.24. The number of rotatable bonds is 6. The quantitative estimate of drug-likeness (QED) is 0.627. The minimum absolute atomic E-state index is 0.202. The van der Waals surface area contributed by atoms with Gasteiger partial charge in [0.25, 0.3) is 5.91 Å². The summed E-state index contributed by atoms with van der Waals surface area (Å²) in [5.74, 6) is -0.202. The van der Waals surface area contributed by atoms with Crippen LogP contribution < -0.4 is 5.32 Å². The van der Waals surface area contributed by atoms with Crippen molar-refractivity contribution in [2.45, 2.75) is 32.2 Å². The Balaban J connectivity index is 1.69. The highest BCUT2D eigenvalue weighted by Crippen LogP contribution is 2.19. The van der Waals surface area contributed by atoms with Crippen LogP contribution in [0.5, 0.6) is 0 Å². The van der Waals surface area contributed by atoms with Crippen molar-refractivity contribution >= 4 is 21.6 Å². The van der Waals surface area contributed by atoms with E-state index in [0.29, 0.717) is 5.56 Å².